The van der Waals surface area contributed by atoms with Crippen molar-refractivity contribution in [2.75, 3.05) is 0 Å². The third-order valence-electron chi connectivity index (χ3n) is 3.82. The third kappa shape index (κ3) is 3.06. The van der Waals surface area contributed by atoms with Gasteiger partial charge in [0, 0.05) is 5.92 Å². The highest BCUT2D eigenvalue weighted by Gasteiger charge is 2.23. The molecule has 20 heavy (non-hydrogen) atoms. The van der Waals surface area contributed by atoms with Crippen molar-refractivity contribution < 1.29 is 4.39 Å². The molecule has 0 aliphatic heterocycles. The monoisotopic (exact) mass is 272 g/mol. The second-order valence-electron chi connectivity index (χ2n) is 5.07. The minimum Gasteiger partial charge on any atom is -0.271 e. The zero-order valence-corrected chi connectivity index (χ0v) is 11.9. The summed E-state index contributed by atoms with van der Waals surface area (Å²) in [4.78, 5) is 0. The van der Waals surface area contributed by atoms with Crippen molar-refractivity contribution in [1.29, 1.82) is 0 Å². The summed E-state index contributed by atoms with van der Waals surface area (Å²) in [6.45, 7) is 4.06. The van der Waals surface area contributed by atoms with Crippen LogP contribution in [0.3, 0.4) is 0 Å². The number of aryl methyl sites for hydroxylation is 1. The van der Waals surface area contributed by atoms with E-state index in [9.17, 15) is 4.39 Å². The molecule has 2 rings (SSSR count). The maximum atomic E-state index is 13.3. The van der Waals surface area contributed by atoms with Crippen LogP contribution in [0.25, 0.3) is 0 Å². The molecule has 0 saturated heterocycles. The highest BCUT2D eigenvalue weighted by Crippen LogP contribution is 2.34. The first-order valence-electron chi connectivity index (χ1n) is 6.94. The van der Waals surface area contributed by atoms with Crippen LogP contribution in [0.4, 0.5) is 4.39 Å². The molecule has 3 N–H and O–H groups in total. The van der Waals surface area contributed by atoms with Gasteiger partial charge in [0.15, 0.2) is 0 Å². The van der Waals surface area contributed by atoms with Gasteiger partial charge in [0.05, 0.1) is 6.04 Å². The molecule has 2 atom stereocenters. The van der Waals surface area contributed by atoms with Gasteiger partial charge in [-0.2, -0.15) is 0 Å². The van der Waals surface area contributed by atoms with E-state index in [0.717, 1.165) is 17.5 Å². The van der Waals surface area contributed by atoms with Gasteiger partial charge in [-0.05, 0) is 42.2 Å². The summed E-state index contributed by atoms with van der Waals surface area (Å²) in [5.74, 6) is 5.82. The van der Waals surface area contributed by atoms with Gasteiger partial charge < -0.3 is 0 Å². The number of hydrogen-bond donors (Lipinski definition) is 2. The van der Waals surface area contributed by atoms with Crippen LogP contribution in [0.2, 0.25) is 0 Å². The number of halogens is 1. The fourth-order valence-electron chi connectivity index (χ4n) is 2.77. The number of rotatable bonds is 5. The lowest BCUT2D eigenvalue weighted by molar-refractivity contribution is 0.442. The van der Waals surface area contributed by atoms with E-state index >= 15 is 0 Å². The molecular formula is C17H21FN2. The van der Waals surface area contributed by atoms with Gasteiger partial charge in [0.25, 0.3) is 0 Å². The fraction of sp³-hybridized carbons (Fsp3) is 0.294. The Kier molecular flexibility index (Phi) is 4.88. The van der Waals surface area contributed by atoms with E-state index in [4.69, 9.17) is 5.84 Å². The molecule has 0 fully saturated rings. The Morgan fingerprint density at radius 1 is 1.15 bits per heavy atom. The lowest BCUT2D eigenvalue weighted by Gasteiger charge is -2.27. The van der Waals surface area contributed by atoms with Crippen LogP contribution in [-0.2, 0) is 0 Å². The van der Waals surface area contributed by atoms with Crippen molar-refractivity contribution in [3.05, 3.63) is 71.0 Å². The summed E-state index contributed by atoms with van der Waals surface area (Å²) >= 11 is 0. The summed E-state index contributed by atoms with van der Waals surface area (Å²) in [6.07, 6.45) is 0.954. The molecule has 0 saturated carbocycles. The minimum atomic E-state index is -0.213. The highest BCUT2D eigenvalue weighted by molar-refractivity contribution is 5.33. The van der Waals surface area contributed by atoms with E-state index in [1.165, 1.54) is 11.6 Å². The molecular weight excluding hydrogens is 251 g/mol. The molecule has 0 aliphatic rings. The lowest BCUT2D eigenvalue weighted by Crippen LogP contribution is -2.33. The fourth-order valence-corrected chi connectivity index (χ4v) is 2.77. The van der Waals surface area contributed by atoms with Gasteiger partial charge in [-0.15, -0.1) is 0 Å². The van der Waals surface area contributed by atoms with E-state index in [0.29, 0.717) is 0 Å². The number of hydrazine groups is 1. The predicted octanol–water partition coefficient (Wildman–Crippen LogP) is 3.83. The zero-order chi connectivity index (χ0) is 14.5. The molecule has 0 bridgehead atoms. The van der Waals surface area contributed by atoms with Gasteiger partial charge in [-0.1, -0.05) is 43.3 Å². The molecule has 3 heteroatoms. The molecule has 0 spiro atoms. The standard InChI is InChI=1S/C17H21FN2/c1-3-15(13-7-5-4-6-8-13)17(20-19)16-10-9-14(18)11-12(16)2/h4-11,15,17,20H,3,19H2,1-2H3. The number of nitrogens with two attached hydrogens (primary N) is 1. The minimum absolute atomic E-state index is 0.0250. The Morgan fingerprint density at radius 2 is 1.85 bits per heavy atom. The van der Waals surface area contributed by atoms with Crippen molar-refractivity contribution in [3.63, 3.8) is 0 Å². The maximum absolute atomic E-state index is 13.3. The average molecular weight is 272 g/mol. The average Bonchev–Trinajstić information content (AvgIpc) is 2.46. The third-order valence-corrected chi connectivity index (χ3v) is 3.82. The van der Waals surface area contributed by atoms with E-state index in [1.807, 2.05) is 31.2 Å². The van der Waals surface area contributed by atoms with Crippen LogP contribution in [0.15, 0.2) is 48.5 Å². The summed E-state index contributed by atoms with van der Waals surface area (Å²) in [5.41, 5.74) is 6.11. The van der Waals surface area contributed by atoms with Gasteiger partial charge >= 0.3 is 0 Å². The van der Waals surface area contributed by atoms with Crippen molar-refractivity contribution in [3.8, 4) is 0 Å². The van der Waals surface area contributed by atoms with E-state index < -0.39 is 0 Å². The Morgan fingerprint density at radius 3 is 2.40 bits per heavy atom. The zero-order valence-electron chi connectivity index (χ0n) is 11.9. The molecule has 2 aromatic carbocycles. The second-order valence-corrected chi connectivity index (χ2v) is 5.07. The molecule has 0 aromatic heterocycles. The van der Waals surface area contributed by atoms with E-state index in [1.54, 1.807) is 6.07 Å². The summed E-state index contributed by atoms with van der Waals surface area (Å²) in [6, 6.07) is 15.1. The van der Waals surface area contributed by atoms with Crippen LogP contribution in [0.5, 0.6) is 0 Å². The summed E-state index contributed by atoms with van der Waals surface area (Å²) in [7, 11) is 0. The lowest BCUT2D eigenvalue weighted by atomic mass is 9.84. The quantitative estimate of drug-likeness (QED) is 0.641. The first-order valence-corrected chi connectivity index (χ1v) is 6.94. The molecule has 0 heterocycles. The van der Waals surface area contributed by atoms with Crippen LogP contribution in [0, 0.1) is 12.7 Å². The summed E-state index contributed by atoms with van der Waals surface area (Å²) < 4.78 is 13.3. The second kappa shape index (κ2) is 6.64. The van der Waals surface area contributed by atoms with Gasteiger partial charge in [0.1, 0.15) is 5.82 Å². The van der Waals surface area contributed by atoms with Crippen molar-refractivity contribution in [2.45, 2.75) is 32.2 Å². The van der Waals surface area contributed by atoms with Gasteiger partial charge in [-0.3, -0.25) is 11.3 Å². The molecule has 0 radical (unpaired) electrons. The molecule has 2 nitrogen and oxygen atoms in total. The first-order chi connectivity index (χ1) is 9.67. The van der Waals surface area contributed by atoms with Crippen molar-refractivity contribution in [1.82, 2.24) is 5.43 Å². The molecule has 0 aliphatic carbocycles. The molecule has 2 aromatic rings. The number of benzene rings is 2. The van der Waals surface area contributed by atoms with Crippen molar-refractivity contribution in [2.24, 2.45) is 5.84 Å². The van der Waals surface area contributed by atoms with Crippen LogP contribution < -0.4 is 11.3 Å². The Bertz CT molecular complexity index is 554. The predicted molar refractivity (Wildman–Crippen MR) is 80.7 cm³/mol. The van der Waals surface area contributed by atoms with Crippen LogP contribution >= 0.6 is 0 Å². The number of nitrogens with one attached hydrogen (secondary N) is 1. The van der Waals surface area contributed by atoms with Gasteiger partial charge in [0.2, 0.25) is 0 Å². The van der Waals surface area contributed by atoms with E-state index in [-0.39, 0.29) is 17.8 Å². The molecule has 106 valence electrons. The Hall–Kier alpha value is -1.71. The largest absolute Gasteiger partial charge is 0.271 e. The SMILES string of the molecule is CCC(c1ccccc1)C(NN)c1ccc(F)cc1C. The topological polar surface area (TPSA) is 38.0 Å². The summed E-state index contributed by atoms with van der Waals surface area (Å²) in [5, 5.41) is 0. The highest BCUT2D eigenvalue weighted by atomic mass is 19.1. The maximum Gasteiger partial charge on any atom is 0.123 e. The normalized spacial score (nSPS) is 14.0. The Labute approximate surface area is 119 Å². The van der Waals surface area contributed by atoms with Gasteiger partial charge in [-0.25, -0.2) is 4.39 Å². The van der Waals surface area contributed by atoms with E-state index in [2.05, 4.69) is 24.5 Å². The number of hydrogen-bond acceptors (Lipinski definition) is 2. The van der Waals surface area contributed by atoms with Crippen LogP contribution in [0.1, 0.15) is 42.0 Å². The molecule has 2 unspecified atom stereocenters. The van der Waals surface area contributed by atoms with Crippen LogP contribution in [-0.4, -0.2) is 0 Å². The van der Waals surface area contributed by atoms with Crippen molar-refractivity contribution >= 4 is 0 Å². The smallest absolute Gasteiger partial charge is 0.123 e. The Balaban J connectivity index is 2.39. The molecule has 0 amide bonds. The first kappa shape index (κ1) is 14.7.